The Balaban J connectivity index is 0.000000405. The average molecular weight is 164 g/mol. The molecule has 2 nitrogen and oxygen atoms in total. The Labute approximate surface area is 63.8 Å². The standard InChI is InChI=1S/C6H5N2.Co/c1-2-6-4-7-5-8(6)3-1;/h1-2,4H,3H2;/q-1;. The third-order valence-electron chi connectivity index (χ3n) is 1.26. The number of nitrogens with zero attached hydrogens (tertiary/aromatic N) is 2. The summed E-state index contributed by atoms with van der Waals surface area (Å²) in [6, 6.07) is 0. The van der Waals surface area contributed by atoms with Gasteiger partial charge in [0.2, 0.25) is 0 Å². The molecular weight excluding hydrogens is 159 g/mol. The first kappa shape index (κ1) is 6.57. The van der Waals surface area contributed by atoms with E-state index in [0.717, 1.165) is 12.2 Å². The van der Waals surface area contributed by atoms with E-state index in [9.17, 15) is 0 Å². The number of hydrogen-bond donors (Lipinski definition) is 0. The van der Waals surface area contributed by atoms with Gasteiger partial charge in [0.15, 0.2) is 0 Å². The smallest absolute Gasteiger partial charge is 0.0173 e. The van der Waals surface area contributed by atoms with Crippen molar-refractivity contribution in [3.8, 4) is 0 Å². The fourth-order valence-electron chi connectivity index (χ4n) is 0.850. The molecule has 0 aliphatic carbocycles. The molecule has 1 aliphatic heterocycles. The first-order valence-electron chi connectivity index (χ1n) is 2.56. The van der Waals surface area contributed by atoms with Gasteiger partial charge in [0.05, 0.1) is 0 Å². The number of rotatable bonds is 0. The van der Waals surface area contributed by atoms with Crippen LogP contribution < -0.4 is 0 Å². The summed E-state index contributed by atoms with van der Waals surface area (Å²) in [7, 11) is 0. The van der Waals surface area contributed by atoms with Crippen LogP contribution in [0.15, 0.2) is 12.3 Å². The van der Waals surface area contributed by atoms with Crippen molar-refractivity contribution in [2.45, 2.75) is 6.54 Å². The van der Waals surface area contributed by atoms with Crippen LogP contribution in [0.25, 0.3) is 6.08 Å². The van der Waals surface area contributed by atoms with E-state index in [-0.39, 0.29) is 16.8 Å². The number of allylic oxidation sites excluding steroid dienone is 1. The van der Waals surface area contributed by atoms with Crippen LogP contribution in [0.5, 0.6) is 0 Å². The van der Waals surface area contributed by atoms with Gasteiger partial charge in [-0.25, -0.2) is 0 Å². The van der Waals surface area contributed by atoms with E-state index in [0.29, 0.717) is 0 Å². The Kier molecular flexibility index (Phi) is 1.73. The molecule has 0 aromatic carbocycles. The largest absolute Gasteiger partial charge is 0.445 e. The van der Waals surface area contributed by atoms with E-state index in [1.54, 1.807) is 0 Å². The topological polar surface area (TPSA) is 17.8 Å². The fraction of sp³-hybridized carbons (Fsp3) is 0.167. The van der Waals surface area contributed by atoms with Gasteiger partial charge in [-0.2, -0.15) is 0 Å². The maximum atomic E-state index is 3.83. The molecule has 9 heavy (non-hydrogen) atoms. The Morgan fingerprint density at radius 2 is 2.56 bits per heavy atom. The molecule has 0 fully saturated rings. The van der Waals surface area contributed by atoms with Gasteiger partial charge in [-0.15, -0.1) is 12.3 Å². The molecule has 1 aliphatic rings. The van der Waals surface area contributed by atoms with Crippen molar-refractivity contribution in [1.29, 1.82) is 0 Å². The van der Waals surface area contributed by atoms with Crippen LogP contribution in [-0.2, 0) is 23.3 Å². The third kappa shape index (κ3) is 0.929. The summed E-state index contributed by atoms with van der Waals surface area (Å²) in [5.41, 5.74) is 1.16. The van der Waals surface area contributed by atoms with Crippen molar-refractivity contribution < 1.29 is 16.8 Å². The van der Waals surface area contributed by atoms with Gasteiger partial charge in [-0.3, -0.25) is 0 Å². The predicted molar refractivity (Wildman–Crippen MR) is 30.1 cm³/mol. The van der Waals surface area contributed by atoms with Crippen molar-refractivity contribution in [3.05, 3.63) is 24.3 Å². The van der Waals surface area contributed by atoms with Crippen molar-refractivity contribution in [2.24, 2.45) is 0 Å². The maximum absolute atomic E-state index is 3.83. The normalized spacial score (nSPS) is 12.9. The number of imidazole rings is 1. The Morgan fingerprint density at radius 1 is 1.67 bits per heavy atom. The number of hydrogen-bond acceptors (Lipinski definition) is 1. The molecule has 2 heterocycles. The van der Waals surface area contributed by atoms with E-state index in [2.05, 4.69) is 17.4 Å². The Bertz CT molecular complexity index is 227. The van der Waals surface area contributed by atoms with Crippen molar-refractivity contribution in [3.63, 3.8) is 0 Å². The number of aromatic nitrogens is 2. The summed E-state index contributed by atoms with van der Waals surface area (Å²) in [6.45, 7) is 0.940. The molecule has 0 unspecified atom stereocenters. The van der Waals surface area contributed by atoms with Crippen LogP contribution in [-0.4, -0.2) is 9.55 Å². The zero-order valence-corrected chi connectivity index (χ0v) is 5.71. The quantitative estimate of drug-likeness (QED) is 0.516. The second kappa shape index (κ2) is 2.37. The van der Waals surface area contributed by atoms with Gasteiger partial charge < -0.3 is 9.55 Å². The zero-order chi connectivity index (χ0) is 5.40. The molecule has 1 aromatic rings. The van der Waals surface area contributed by atoms with E-state index >= 15 is 0 Å². The molecule has 49 valence electrons. The van der Waals surface area contributed by atoms with Crippen molar-refractivity contribution in [2.75, 3.05) is 0 Å². The molecule has 1 radical (unpaired) electrons. The summed E-state index contributed by atoms with van der Waals surface area (Å²) in [4.78, 5) is 3.83. The summed E-state index contributed by atoms with van der Waals surface area (Å²) in [6.07, 6.45) is 8.77. The van der Waals surface area contributed by atoms with Gasteiger partial charge >= 0.3 is 0 Å². The first-order valence-corrected chi connectivity index (χ1v) is 2.56. The van der Waals surface area contributed by atoms with Crippen LogP contribution in [0.3, 0.4) is 0 Å². The van der Waals surface area contributed by atoms with Gasteiger partial charge in [-0.05, 0) is 0 Å². The minimum Gasteiger partial charge on any atom is -0.445 e. The molecule has 0 atom stereocenters. The first-order chi connectivity index (χ1) is 3.97. The second-order valence-corrected chi connectivity index (χ2v) is 1.80. The monoisotopic (exact) mass is 164 g/mol. The molecule has 0 bridgehead atoms. The van der Waals surface area contributed by atoms with E-state index < -0.39 is 0 Å². The van der Waals surface area contributed by atoms with Gasteiger partial charge in [0.25, 0.3) is 0 Å². The summed E-state index contributed by atoms with van der Waals surface area (Å²) < 4.78 is 1.97. The molecule has 2 rings (SSSR count). The Morgan fingerprint density at radius 3 is 3.33 bits per heavy atom. The van der Waals surface area contributed by atoms with Gasteiger partial charge in [0, 0.05) is 29.7 Å². The molecular formula is C6H5CoN2-. The summed E-state index contributed by atoms with van der Waals surface area (Å²) >= 11 is 0. The average Bonchev–Trinajstić information content (AvgIpc) is 2.15. The van der Waals surface area contributed by atoms with Crippen LogP contribution in [0.4, 0.5) is 0 Å². The molecule has 3 heteroatoms. The minimum atomic E-state index is 0. The van der Waals surface area contributed by atoms with Gasteiger partial charge in [0.1, 0.15) is 0 Å². The zero-order valence-electron chi connectivity index (χ0n) is 4.67. The van der Waals surface area contributed by atoms with Crippen LogP contribution in [0, 0.1) is 6.33 Å². The van der Waals surface area contributed by atoms with Crippen molar-refractivity contribution >= 4 is 6.08 Å². The Hall–Kier alpha value is -0.544. The SMILES string of the molecule is [Co].[c-]1ncc2n1CC=C2. The maximum Gasteiger partial charge on any atom is 0.0173 e. The molecule has 0 saturated carbocycles. The molecule has 0 saturated heterocycles. The summed E-state index contributed by atoms with van der Waals surface area (Å²) in [5, 5.41) is 0. The second-order valence-electron chi connectivity index (χ2n) is 1.80. The van der Waals surface area contributed by atoms with Crippen molar-refractivity contribution in [1.82, 2.24) is 9.55 Å². The fourth-order valence-corrected chi connectivity index (χ4v) is 0.850. The van der Waals surface area contributed by atoms with E-state index in [1.807, 2.05) is 16.8 Å². The summed E-state index contributed by atoms with van der Waals surface area (Å²) in [5.74, 6) is 0. The molecule has 0 spiro atoms. The predicted octanol–water partition coefficient (Wildman–Crippen LogP) is 0.708. The minimum absolute atomic E-state index is 0. The molecule has 0 N–H and O–H groups in total. The van der Waals surface area contributed by atoms with Crippen LogP contribution in [0.1, 0.15) is 5.69 Å². The van der Waals surface area contributed by atoms with E-state index in [1.165, 1.54) is 0 Å². The molecule has 1 aromatic heterocycles. The van der Waals surface area contributed by atoms with Crippen LogP contribution in [0.2, 0.25) is 0 Å². The molecule has 0 amide bonds. The van der Waals surface area contributed by atoms with E-state index in [4.69, 9.17) is 0 Å². The van der Waals surface area contributed by atoms with Crippen LogP contribution >= 0.6 is 0 Å². The van der Waals surface area contributed by atoms with Gasteiger partial charge in [-0.1, -0.05) is 11.8 Å². The number of fused-ring (bicyclic) bond motifs is 1. The third-order valence-corrected chi connectivity index (χ3v) is 1.26.